The maximum Gasteiger partial charge on any atom is 0.374 e. The summed E-state index contributed by atoms with van der Waals surface area (Å²) in [4.78, 5) is 12.2. The fourth-order valence-electron chi connectivity index (χ4n) is 4.42. The molecule has 0 rings (SSSR count). The van der Waals surface area contributed by atoms with E-state index < -0.39 is 20.0 Å². The van der Waals surface area contributed by atoms with Crippen molar-refractivity contribution in [2.24, 2.45) is 5.41 Å². The van der Waals surface area contributed by atoms with Crippen LogP contribution < -0.4 is 0 Å². The van der Waals surface area contributed by atoms with E-state index in [9.17, 15) is 14.5 Å². The number of ether oxygens (including phenoxy) is 3. The largest absolute Gasteiger partial charge is 0.461 e. The number of carbonyl (C=O) groups is 1. The fraction of sp³-hybridized carbons (Fsp3) is 0.969. The van der Waals surface area contributed by atoms with Gasteiger partial charge in [-0.25, -0.2) is 4.79 Å². The van der Waals surface area contributed by atoms with Crippen LogP contribution in [-0.4, -0.2) is 53.5 Å². The van der Waals surface area contributed by atoms with Gasteiger partial charge in [0.25, 0.3) is 0 Å². The number of hydrogen-bond donors (Lipinski definition) is 1. The molecule has 4 unspecified atom stereocenters. The Kier molecular flexibility index (Phi) is 25.4. The Morgan fingerprint density at radius 3 is 1.85 bits per heavy atom. The van der Waals surface area contributed by atoms with Gasteiger partial charge in [-0.1, -0.05) is 125 Å². The van der Waals surface area contributed by atoms with E-state index in [0.717, 1.165) is 0 Å². The van der Waals surface area contributed by atoms with E-state index in [2.05, 4.69) is 32.5 Å². The Bertz CT molecular complexity index is 615. The van der Waals surface area contributed by atoms with Gasteiger partial charge >= 0.3 is 11.5 Å². The van der Waals surface area contributed by atoms with E-state index >= 15 is 0 Å². The summed E-state index contributed by atoms with van der Waals surface area (Å²) in [5, 5.41) is 10.8. The molecule has 0 saturated carbocycles. The second kappa shape index (κ2) is 25.4. The normalized spacial score (nSPS) is 15.4. The molecule has 0 aromatic carbocycles. The number of carbonyl (C=O) groups excluding carboxylic acids is 1. The first-order chi connectivity index (χ1) is 19.1. The Balaban J connectivity index is 4.47. The zero-order valence-electron chi connectivity index (χ0n) is 27.0. The zero-order valence-corrected chi connectivity index (χ0v) is 28.9. The first kappa shape index (κ1) is 39.9. The minimum absolute atomic E-state index is 0.0803. The average molecular weight is 609 g/mol. The summed E-state index contributed by atoms with van der Waals surface area (Å²) < 4.78 is 28.2. The van der Waals surface area contributed by atoms with Crippen LogP contribution in [0.5, 0.6) is 0 Å². The van der Waals surface area contributed by atoms with Crippen LogP contribution in [0.4, 0.5) is 0 Å². The van der Waals surface area contributed by atoms with Gasteiger partial charge in [0.1, 0.15) is 8.46 Å². The Morgan fingerprint density at radius 2 is 1.32 bits per heavy atom. The highest BCUT2D eigenvalue weighted by Crippen LogP contribution is 2.27. The molecule has 0 heterocycles. The highest BCUT2D eigenvalue weighted by Gasteiger charge is 2.39. The molecule has 0 aliphatic carbocycles. The van der Waals surface area contributed by atoms with Crippen LogP contribution in [0, 0.1) is 5.41 Å². The molecule has 240 valence electrons. The number of aliphatic hydroxyl groups is 1. The van der Waals surface area contributed by atoms with Gasteiger partial charge in [-0.2, -0.15) is 11.8 Å². The van der Waals surface area contributed by atoms with Crippen LogP contribution in [0.25, 0.3) is 0 Å². The molecule has 40 heavy (non-hydrogen) atoms. The van der Waals surface area contributed by atoms with Gasteiger partial charge < -0.3 is 23.9 Å². The molecule has 0 amide bonds. The van der Waals surface area contributed by atoms with Crippen LogP contribution in [0.1, 0.15) is 151 Å². The van der Waals surface area contributed by atoms with E-state index in [1.807, 2.05) is 20.8 Å². The third-order valence-electron chi connectivity index (χ3n) is 7.03. The molecule has 0 aliphatic heterocycles. The van der Waals surface area contributed by atoms with Crippen molar-refractivity contribution in [3.8, 4) is 0 Å². The second-order valence-corrected chi connectivity index (χ2v) is 14.9. The van der Waals surface area contributed by atoms with Crippen LogP contribution >= 0.6 is 20.2 Å². The molecule has 0 aliphatic rings. The van der Waals surface area contributed by atoms with Crippen molar-refractivity contribution < 1.29 is 28.7 Å². The molecule has 0 aromatic heterocycles. The quantitative estimate of drug-likeness (QED) is 0.0410. The number of thioether (sulfide) groups is 1. The smallest absolute Gasteiger partial charge is 0.374 e. The summed E-state index contributed by atoms with van der Waals surface area (Å²) in [5.41, 5.74) is -2.61. The molecule has 0 radical (unpaired) electrons. The molecule has 0 bridgehead atoms. The summed E-state index contributed by atoms with van der Waals surface area (Å²) in [6.07, 6.45) is 21.7. The lowest BCUT2D eigenvalue weighted by Gasteiger charge is -2.25. The molecule has 0 spiro atoms. The lowest BCUT2D eigenvalue weighted by Crippen LogP contribution is -2.39. The summed E-state index contributed by atoms with van der Waals surface area (Å²) in [5.74, 6) is 0.206. The molecule has 1 N–H and O–H groups in total. The lowest BCUT2D eigenvalue weighted by atomic mass is 9.99. The number of hydrogen-bond acceptors (Lipinski definition) is 7. The van der Waals surface area contributed by atoms with Gasteiger partial charge in [-0.15, -0.1) is 0 Å². The zero-order chi connectivity index (χ0) is 30.1. The van der Waals surface area contributed by atoms with E-state index in [4.69, 9.17) is 14.2 Å². The SMILES string of the molecule is CCCCCCCCCCSC(CCCCCCCCC)C(C)OCCCOC(O)([PH2]=O)C(=O)OCC(C)(C)C. The predicted molar refractivity (Wildman–Crippen MR) is 173 cm³/mol. The minimum atomic E-state index is -2.36. The third-order valence-corrected chi connectivity index (χ3v) is 9.32. The van der Waals surface area contributed by atoms with Crippen LogP contribution in [0.2, 0.25) is 0 Å². The Labute approximate surface area is 253 Å². The average Bonchev–Trinajstić information content (AvgIpc) is 2.92. The van der Waals surface area contributed by atoms with Gasteiger partial charge in [0, 0.05) is 11.9 Å². The Hall–Kier alpha value is -0.0700. The summed E-state index contributed by atoms with van der Waals surface area (Å²) in [6.45, 7) is 13.1. The molecule has 0 saturated heterocycles. The van der Waals surface area contributed by atoms with Gasteiger partial charge in [0.05, 0.1) is 19.3 Å². The lowest BCUT2D eigenvalue weighted by molar-refractivity contribution is -0.198. The van der Waals surface area contributed by atoms with Gasteiger partial charge in [-0.3, -0.25) is 0 Å². The molecule has 6 nitrogen and oxygen atoms in total. The van der Waals surface area contributed by atoms with Gasteiger partial charge in [0.15, 0.2) is 0 Å². The fourth-order valence-corrected chi connectivity index (χ4v) is 6.14. The summed E-state index contributed by atoms with van der Waals surface area (Å²) in [6, 6.07) is 0. The number of rotatable bonds is 28. The molecular formula is C32H65O6PS. The first-order valence-corrected chi connectivity index (χ1v) is 18.4. The number of esters is 1. The first-order valence-electron chi connectivity index (χ1n) is 16.3. The van der Waals surface area contributed by atoms with Crippen molar-refractivity contribution in [3.05, 3.63) is 0 Å². The van der Waals surface area contributed by atoms with E-state index in [1.54, 1.807) is 0 Å². The highest BCUT2D eigenvalue weighted by atomic mass is 32.2. The summed E-state index contributed by atoms with van der Waals surface area (Å²) in [7, 11) is -1.89. The minimum Gasteiger partial charge on any atom is -0.461 e. The summed E-state index contributed by atoms with van der Waals surface area (Å²) >= 11 is 2.06. The molecule has 4 atom stereocenters. The topological polar surface area (TPSA) is 82.1 Å². The highest BCUT2D eigenvalue weighted by molar-refractivity contribution is 7.99. The monoisotopic (exact) mass is 608 g/mol. The number of unbranched alkanes of at least 4 members (excludes halogenated alkanes) is 13. The van der Waals surface area contributed by atoms with Crippen LogP contribution in [-0.2, 0) is 23.6 Å². The van der Waals surface area contributed by atoms with Crippen molar-refractivity contribution in [2.45, 2.75) is 168 Å². The van der Waals surface area contributed by atoms with Crippen molar-refractivity contribution in [1.82, 2.24) is 0 Å². The second-order valence-electron chi connectivity index (χ2n) is 12.5. The van der Waals surface area contributed by atoms with Crippen molar-refractivity contribution >= 4 is 26.2 Å². The van der Waals surface area contributed by atoms with E-state index in [-0.39, 0.29) is 24.7 Å². The van der Waals surface area contributed by atoms with E-state index in [0.29, 0.717) is 18.3 Å². The van der Waals surface area contributed by atoms with Crippen molar-refractivity contribution in [3.63, 3.8) is 0 Å². The van der Waals surface area contributed by atoms with Crippen molar-refractivity contribution in [1.29, 1.82) is 0 Å². The van der Waals surface area contributed by atoms with Crippen LogP contribution in [0.15, 0.2) is 0 Å². The maximum atomic E-state index is 12.2. The third kappa shape index (κ3) is 22.5. The van der Waals surface area contributed by atoms with Gasteiger partial charge in [0.2, 0.25) is 0 Å². The molecule has 0 fully saturated rings. The van der Waals surface area contributed by atoms with Gasteiger partial charge in [-0.05, 0) is 37.4 Å². The Morgan fingerprint density at radius 1 is 0.800 bits per heavy atom. The maximum absolute atomic E-state index is 12.2. The van der Waals surface area contributed by atoms with E-state index in [1.165, 1.54) is 108 Å². The molecule has 0 aromatic rings. The predicted octanol–water partition coefficient (Wildman–Crippen LogP) is 9.17. The van der Waals surface area contributed by atoms with Crippen LogP contribution in [0.3, 0.4) is 0 Å². The van der Waals surface area contributed by atoms with Crippen molar-refractivity contribution in [2.75, 3.05) is 25.6 Å². The molecule has 8 heteroatoms. The standard InChI is InChI=1S/C32H65O6PS/c1-7-9-11-13-15-17-19-21-26-40-29(23-20-18-16-14-12-10-8-2)28(3)36-24-22-25-38-32(34,39-35)30(33)37-27-31(4,5)6/h28-29,34H,7-27,39H2,1-6H3. The molecular weight excluding hydrogens is 543 g/mol.